The van der Waals surface area contributed by atoms with E-state index in [1.807, 2.05) is 86.8 Å². The number of benzene rings is 3. The number of aryl methyl sites for hydroxylation is 2. The topological polar surface area (TPSA) is 104 Å². The highest BCUT2D eigenvalue weighted by atomic mass is 32.2. The molecule has 2 aromatic heterocycles. The maximum Gasteiger partial charge on any atom is 0.271 e. The highest BCUT2D eigenvalue weighted by Crippen LogP contribution is 2.33. The van der Waals surface area contributed by atoms with Gasteiger partial charge in [-0.1, -0.05) is 42.1 Å². The van der Waals surface area contributed by atoms with Crippen LogP contribution in [0.1, 0.15) is 32.9 Å². The smallest absolute Gasteiger partial charge is 0.271 e. The molecule has 1 amide bonds. The van der Waals surface area contributed by atoms with Crippen LogP contribution in [0.4, 0.5) is 0 Å². The molecule has 0 radical (unpaired) electrons. The Balaban J connectivity index is 1.31. The lowest BCUT2D eigenvalue weighted by molar-refractivity contribution is 0.0955. The van der Waals surface area contributed by atoms with E-state index < -0.39 is 0 Å². The van der Waals surface area contributed by atoms with Gasteiger partial charge in [0.25, 0.3) is 5.91 Å². The van der Waals surface area contributed by atoms with Crippen molar-refractivity contribution in [2.75, 3.05) is 14.2 Å². The maximum absolute atomic E-state index is 12.8. The zero-order valence-electron chi connectivity index (χ0n) is 23.7. The van der Waals surface area contributed by atoms with Gasteiger partial charge in [-0.3, -0.25) is 4.79 Å². The highest BCUT2D eigenvalue weighted by Gasteiger charge is 2.14. The van der Waals surface area contributed by atoms with Crippen molar-refractivity contribution in [1.82, 2.24) is 25.2 Å². The fourth-order valence-electron chi connectivity index (χ4n) is 4.29. The SMILES string of the molecule is COc1ccc(-c2nn(-c3ccccc3)cc2/C=N\NC(=O)c2ccc(CSc3nc(C)cc(C)n3)cc2)cc1OC. The Hall–Kier alpha value is -4.96. The Morgan fingerprint density at radius 1 is 0.929 bits per heavy atom. The number of carbonyl (C=O) groups is 1. The standard InChI is InChI=1S/C32H30N6O3S/c1-21-16-22(2)35-32(34-21)42-20-23-10-12-24(13-11-23)31(39)36-33-18-26-19-38(27-8-6-5-7-9-27)37-30(26)25-14-15-28(40-3)29(17-25)41-4/h5-19H,20H2,1-4H3,(H,36,39)/b33-18-. The molecule has 0 saturated carbocycles. The Morgan fingerprint density at radius 3 is 2.33 bits per heavy atom. The van der Waals surface area contributed by atoms with Gasteiger partial charge >= 0.3 is 0 Å². The number of hydrogen-bond donors (Lipinski definition) is 1. The summed E-state index contributed by atoms with van der Waals surface area (Å²) < 4.78 is 12.6. The van der Waals surface area contributed by atoms with Crippen molar-refractivity contribution in [2.24, 2.45) is 5.10 Å². The molecule has 0 bridgehead atoms. The molecule has 9 nitrogen and oxygen atoms in total. The van der Waals surface area contributed by atoms with Gasteiger partial charge in [-0.25, -0.2) is 20.1 Å². The summed E-state index contributed by atoms with van der Waals surface area (Å²) in [6.07, 6.45) is 3.45. The van der Waals surface area contributed by atoms with Gasteiger partial charge in [-0.15, -0.1) is 0 Å². The largest absolute Gasteiger partial charge is 0.493 e. The monoisotopic (exact) mass is 578 g/mol. The quantitative estimate of drug-likeness (QED) is 0.0936. The van der Waals surface area contributed by atoms with E-state index in [0.29, 0.717) is 34.1 Å². The van der Waals surface area contributed by atoms with E-state index in [1.165, 1.54) is 0 Å². The van der Waals surface area contributed by atoms with Crippen molar-refractivity contribution in [3.63, 3.8) is 0 Å². The molecule has 1 N–H and O–H groups in total. The Labute approximate surface area is 248 Å². The zero-order valence-corrected chi connectivity index (χ0v) is 24.6. The number of hydrazone groups is 1. The number of aromatic nitrogens is 4. The van der Waals surface area contributed by atoms with E-state index in [-0.39, 0.29) is 5.91 Å². The number of ether oxygens (including phenoxy) is 2. The predicted octanol–water partition coefficient (Wildman–Crippen LogP) is 6.02. The normalized spacial score (nSPS) is 11.0. The lowest BCUT2D eigenvalue weighted by atomic mass is 10.1. The Morgan fingerprint density at radius 2 is 1.64 bits per heavy atom. The van der Waals surface area contributed by atoms with Gasteiger partial charge in [0.2, 0.25) is 0 Å². The number of thioether (sulfide) groups is 1. The van der Waals surface area contributed by atoms with Crippen LogP contribution in [0, 0.1) is 13.8 Å². The van der Waals surface area contributed by atoms with E-state index in [9.17, 15) is 4.79 Å². The second kappa shape index (κ2) is 13.1. The summed E-state index contributed by atoms with van der Waals surface area (Å²) in [5.41, 5.74) is 9.19. The molecule has 5 rings (SSSR count). The predicted molar refractivity (Wildman–Crippen MR) is 165 cm³/mol. The van der Waals surface area contributed by atoms with Crippen molar-refractivity contribution < 1.29 is 14.3 Å². The van der Waals surface area contributed by atoms with Crippen molar-refractivity contribution in [2.45, 2.75) is 24.8 Å². The molecule has 0 fully saturated rings. The molecular weight excluding hydrogens is 548 g/mol. The summed E-state index contributed by atoms with van der Waals surface area (Å²) in [7, 11) is 3.18. The van der Waals surface area contributed by atoms with Crippen LogP contribution in [0.2, 0.25) is 0 Å². The molecule has 3 aromatic carbocycles. The minimum Gasteiger partial charge on any atom is -0.493 e. The van der Waals surface area contributed by atoms with Gasteiger partial charge in [0.1, 0.15) is 5.69 Å². The van der Waals surface area contributed by atoms with E-state index in [0.717, 1.165) is 33.4 Å². The number of hydrogen-bond acceptors (Lipinski definition) is 8. The lowest BCUT2D eigenvalue weighted by Gasteiger charge is -2.09. The number of methoxy groups -OCH3 is 2. The number of rotatable bonds is 10. The molecule has 0 aliphatic heterocycles. The third-order valence-electron chi connectivity index (χ3n) is 6.34. The summed E-state index contributed by atoms with van der Waals surface area (Å²) >= 11 is 1.56. The molecule has 0 unspecified atom stereocenters. The number of carbonyl (C=O) groups excluding carboxylic acids is 1. The van der Waals surface area contributed by atoms with Crippen molar-refractivity contribution in [1.29, 1.82) is 0 Å². The first-order valence-corrected chi connectivity index (χ1v) is 14.2. The van der Waals surface area contributed by atoms with Crippen LogP contribution in [-0.2, 0) is 5.75 Å². The van der Waals surface area contributed by atoms with Gasteiger partial charge in [0.05, 0.1) is 26.1 Å². The number of nitrogens with one attached hydrogen (secondary N) is 1. The molecule has 5 aromatic rings. The van der Waals surface area contributed by atoms with Gasteiger partial charge in [0, 0.05) is 40.0 Å². The summed E-state index contributed by atoms with van der Waals surface area (Å²) in [6, 6.07) is 24.7. The minimum atomic E-state index is -0.314. The molecule has 0 atom stereocenters. The Kier molecular flexibility index (Phi) is 8.93. The van der Waals surface area contributed by atoms with Crippen molar-refractivity contribution in [3.8, 4) is 28.4 Å². The highest BCUT2D eigenvalue weighted by molar-refractivity contribution is 7.98. The first kappa shape index (κ1) is 28.6. The average molecular weight is 579 g/mol. The van der Waals surface area contributed by atoms with Crippen LogP contribution in [0.15, 0.2) is 95.3 Å². The van der Waals surface area contributed by atoms with E-state index in [4.69, 9.17) is 14.6 Å². The van der Waals surface area contributed by atoms with E-state index in [1.54, 1.807) is 49.0 Å². The van der Waals surface area contributed by atoms with Gasteiger partial charge in [0.15, 0.2) is 16.7 Å². The minimum absolute atomic E-state index is 0.314. The van der Waals surface area contributed by atoms with Crippen molar-refractivity contribution >= 4 is 23.9 Å². The summed E-state index contributed by atoms with van der Waals surface area (Å²) in [6.45, 7) is 3.92. The first-order valence-electron chi connectivity index (χ1n) is 13.2. The molecule has 42 heavy (non-hydrogen) atoms. The number of para-hydroxylation sites is 1. The zero-order chi connectivity index (χ0) is 29.5. The number of amides is 1. The summed E-state index contributed by atoms with van der Waals surface area (Å²) in [5, 5.41) is 9.79. The Bertz CT molecular complexity index is 1700. The molecule has 0 saturated heterocycles. The average Bonchev–Trinajstić information content (AvgIpc) is 3.44. The third kappa shape index (κ3) is 6.84. The van der Waals surface area contributed by atoms with Gasteiger partial charge in [-0.05, 0) is 67.9 Å². The summed E-state index contributed by atoms with van der Waals surface area (Å²) in [5.74, 6) is 1.59. The van der Waals surface area contributed by atoms with Crippen LogP contribution >= 0.6 is 11.8 Å². The van der Waals surface area contributed by atoms with Crippen LogP contribution in [0.5, 0.6) is 11.5 Å². The van der Waals surface area contributed by atoms with Gasteiger partial charge < -0.3 is 9.47 Å². The second-order valence-corrected chi connectivity index (χ2v) is 10.3. The lowest BCUT2D eigenvalue weighted by Crippen LogP contribution is -2.17. The third-order valence-corrected chi connectivity index (χ3v) is 7.25. The van der Waals surface area contributed by atoms with Gasteiger partial charge in [-0.2, -0.15) is 10.2 Å². The first-order chi connectivity index (χ1) is 20.4. The molecule has 0 spiro atoms. The summed E-state index contributed by atoms with van der Waals surface area (Å²) in [4.78, 5) is 21.8. The van der Waals surface area contributed by atoms with Crippen LogP contribution in [0.3, 0.4) is 0 Å². The number of nitrogens with zero attached hydrogens (tertiary/aromatic N) is 5. The second-order valence-electron chi connectivity index (χ2n) is 9.40. The fraction of sp³-hybridized carbons (Fsp3) is 0.156. The molecule has 0 aliphatic rings. The van der Waals surface area contributed by atoms with Crippen LogP contribution < -0.4 is 14.9 Å². The maximum atomic E-state index is 12.8. The van der Waals surface area contributed by atoms with E-state index in [2.05, 4.69) is 20.5 Å². The molecular formula is C32H30N6O3S. The van der Waals surface area contributed by atoms with Crippen LogP contribution in [0.25, 0.3) is 16.9 Å². The van der Waals surface area contributed by atoms with Crippen LogP contribution in [-0.4, -0.2) is 46.1 Å². The molecule has 2 heterocycles. The molecule has 10 heteroatoms. The molecule has 212 valence electrons. The van der Waals surface area contributed by atoms with E-state index >= 15 is 0 Å². The van der Waals surface area contributed by atoms with Crippen molar-refractivity contribution in [3.05, 3.63) is 113 Å². The fourth-order valence-corrected chi connectivity index (χ4v) is 5.19. The molecule has 0 aliphatic carbocycles.